The number of likely N-dealkylation sites (tertiary alicyclic amines) is 1. The van der Waals surface area contributed by atoms with Crippen LogP contribution >= 0.6 is 11.3 Å². The Hall–Kier alpha value is -4.26. The fourth-order valence-corrected chi connectivity index (χ4v) is 5.42. The van der Waals surface area contributed by atoms with Crippen molar-refractivity contribution in [2.45, 2.75) is 32.6 Å². The number of amides is 2. The molecule has 0 spiro atoms. The van der Waals surface area contributed by atoms with E-state index in [1.807, 2.05) is 19.9 Å². The normalized spacial score (nSPS) is 14.6. The van der Waals surface area contributed by atoms with Gasteiger partial charge in [0.25, 0.3) is 11.8 Å². The minimum absolute atomic E-state index is 0.142. The smallest absolute Gasteiger partial charge is 0.276 e. The third kappa shape index (κ3) is 3.96. The maximum absolute atomic E-state index is 13.2. The van der Waals surface area contributed by atoms with Crippen LogP contribution in [0.1, 0.15) is 56.1 Å². The molecule has 2 N–H and O–H groups in total. The van der Waals surface area contributed by atoms with Gasteiger partial charge in [0.2, 0.25) is 0 Å². The number of anilines is 1. The number of piperidine rings is 1. The minimum Gasteiger partial charge on any atom is -0.337 e. The summed E-state index contributed by atoms with van der Waals surface area (Å²) in [7, 11) is 0. The van der Waals surface area contributed by atoms with Gasteiger partial charge in [-0.3, -0.25) is 9.59 Å². The second kappa shape index (κ2) is 8.75. The van der Waals surface area contributed by atoms with E-state index >= 15 is 0 Å². The second-order valence-electron chi connectivity index (χ2n) is 8.81. The first-order valence-electron chi connectivity index (χ1n) is 11.5. The first kappa shape index (κ1) is 22.2. The zero-order valence-electron chi connectivity index (χ0n) is 19.6. The number of benzene rings is 1. The molecule has 0 aliphatic carbocycles. The molecule has 6 rings (SSSR count). The summed E-state index contributed by atoms with van der Waals surface area (Å²) in [5.41, 5.74) is 4.86. The molecule has 0 unspecified atom stereocenters. The number of nitrogens with zero attached hydrogens (tertiary/aromatic N) is 8. The molecule has 1 fully saturated rings. The Bertz CT molecular complexity index is 1610. The number of H-pyrrole nitrogens is 1. The Kier molecular flexibility index (Phi) is 5.40. The van der Waals surface area contributed by atoms with E-state index in [1.165, 1.54) is 11.3 Å². The molecular formula is C23H22N10O2S. The molecule has 5 heterocycles. The summed E-state index contributed by atoms with van der Waals surface area (Å²) in [5, 5.41) is 28.9. The molecule has 182 valence electrons. The van der Waals surface area contributed by atoms with E-state index in [4.69, 9.17) is 0 Å². The SMILES string of the molecule is Cc1cc2nnc(C(=O)N3CCC(c4nc(C(=O)Nc5ccc6n[nH]nc6c5)cs4)CC3)c(C)n2n1. The maximum Gasteiger partial charge on any atom is 0.276 e. The molecule has 0 saturated carbocycles. The predicted octanol–water partition coefficient (Wildman–Crippen LogP) is 2.74. The number of aryl methyl sites for hydroxylation is 2. The highest BCUT2D eigenvalue weighted by Crippen LogP contribution is 2.31. The number of aromatic nitrogens is 8. The van der Waals surface area contributed by atoms with Crippen molar-refractivity contribution >= 4 is 45.5 Å². The number of hydrogen-bond acceptors (Lipinski definition) is 9. The zero-order valence-corrected chi connectivity index (χ0v) is 20.4. The van der Waals surface area contributed by atoms with Gasteiger partial charge in [0.1, 0.15) is 16.7 Å². The van der Waals surface area contributed by atoms with E-state index in [9.17, 15) is 9.59 Å². The molecule has 1 aliphatic heterocycles. The van der Waals surface area contributed by atoms with Crippen LogP contribution in [0.4, 0.5) is 5.69 Å². The molecule has 4 aromatic heterocycles. The molecule has 2 amide bonds. The van der Waals surface area contributed by atoms with Gasteiger partial charge in [-0.15, -0.1) is 21.5 Å². The van der Waals surface area contributed by atoms with Gasteiger partial charge in [-0.05, 0) is 44.9 Å². The number of fused-ring (bicyclic) bond motifs is 2. The summed E-state index contributed by atoms with van der Waals surface area (Å²) in [6.07, 6.45) is 1.53. The molecule has 1 saturated heterocycles. The second-order valence-corrected chi connectivity index (χ2v) is 9.70. The fourth-order valence-electron chi connectivity index (χ4n) is 4.45. The van der Waals surface area contributed by atoms with Crippen molar-refractivity contribution in [2.24, 2.45) is 0 Å². The van der Waals surface area contributed by atoms with Crippen LogP contribution in [0.3, 0.4) is 0 Å². The lowest BCUT2D eigenvalue weighted by atomic mass is 9.97. The van der Waals surface area contributed by atoms with Crippen LogP contribution in [0, 0.1) is 13.8 Å². The van der Waals surface area contributed by atoms with Gasteiger partial charge in [0, 0.05) is 36.1 Å². The number of thiazole rings is 1. The van der Waals surface area contributed by atoms with Gasteiger partial charge >= 0.3 is 0 Å². The summed E-state index contributed by atoms with van der Waals surface area (Å²) in [4.78, 5) is 32.3. The Balaban J connectivity index is 1.10. The van der Waals surface area contributed by atoms with Gasteiger partial charge in [-0.1, -0.05) is 0 Å². The van der Waals surface area contributed by atoms with Crippen molar-refractivity contribution in [3.05, 3.63) is 57.4 Å². The Morgan fingerprint density at radius 2 is 1.89 bits per heavy atom. The Morgan fingerprint density at radius 1 is 1.08 bits per heavy atom. The highest BCUT2D eigenvalue weighted by molar-refractivity contribution is 7.10. The van der Waals surface area contributed by atoms with Crippen molar-refractivity contribution in [3.8, 4) is 0 Å². The van der Waals surface area contributed by atoms with Crippen molar-refractivity contribution in [1.29, 1.82) is 0 Å². The van der Waals surface area contributed by atoms with Crippen LogP contribution in [0.5, 0.6) is 0 Å². The number of carbonyl (C=O) groups excluding carboxylic acids is 2. The molecule has 0 bridgehead atoms. The van der Waals surface area contributed by atoms with Crippen molar-refractivity contribution < 1.29 is 9.59 Å². The Labute approximate surface area is 208 Å². The predicted molar refractivity (Wildman–Crippen MR) is 132 cm³/mol. The van der Waals surface area contributed by atoms with E-state index in [2.05, 4.69) is 41.0 Å². The topological polar surface area (TPSA) is 147 Å². The van der Waals surface area contributed by atoms with E-state index in [0.29, 0.717) is 47.0 Å². The fraction of sp³-hybridized carbons (Fsp3) is 0.304. The molecule has 1 aliphatic rings. The largest absolute Gasteiger partial charge is 0.337 e. The van der Waals surface area contributed by atoms with Gasteiger partial charge in [-0.2, -0.15) is 20.5 Å². The standard InChI is InChI=1S/C23H22N10O2S/c1-12-9-19-28-29-20(13(2)33(19)30-12)23(35)32-7-5-14(6-8-32)22-25-18(11-36-22)21(34)24-15-3-4-16-17(10-15)27-31-26-16/h3-4,9-11,14H,5-8H2,1-2H3,(H,24,34)(H,26,27,31). The lowest BCUT2D eigenvalue weighted by Crippen LogP contribution is -2.39. The molecule has 13 heteroatoms. The van der Waals surface area contributed by atoms with Gasteiger partial charge in [-0.25, -0.2) is 9.50 Å². The highest BCUT2D eigenvalue weighted by atomic mass is 32.1. The maximum atomic E-state index is 13.2. The number of nitrogens with one attached hydrogen (secondary N) is 2. The van der Waals surface area contributed by atoms with Gasteiger partial charge in [0.05, 0.1) is 16.4 Å². The molecule has 5 aromatic rings. The van der Waals surface area contributed by atoms with Crippen molar-refractivity contribution in [1.82, 2.24) is 45.1 Å². The molecule has 0 atom stereocenters. The Morgan fingerprint density at radius 3 is 2.72 bits per heavy atom. The van der Waals surface area contributed by atoms with Crippen LogP contribution in [-0.4, -0.2) is 70.0 Å². The third-order valence-corrected chi connectivity index (χ3v) is 7.40. The number of rotatable bonds is 4. The number of carbonyl (C=O) groups is 2. The lowest BCUT2D eigenvalue weighted by molar-refractivity contribution is 0.0704. The van der Waals surface area contributed by atoms with Crippen LogP contribution in [0.15, 0.2) is 29.6 Å². The quantitative estimate of drug-likeness (QED) is 0.381. The minimum atomic E-state index is -0.272. The average molecular weight is 503 g/mol. The average Bonchev–Trinajstić information content (AvgIpc) is 3.63. The van der Waals surface area contributed by atoms with Crippen molar-refractivity contribution in [3.63, 3.8) is 0 Å². The molecule has 12 nitrogen and oxygen atoms in total. The summed E-state index contributed by atoms with van der Waals surface area (Å²) >= 11 is 1.47. The summed E-state index contributed by atoms with van der Waals surface area (Å²) < 4.78 is 1.66. The first-order valence-corrected chi connectivity index (χ1v) is 12.4. The van der Waals surface area contributed by atoms with Crippen LogP contribution in [-0.2, 0) is 0 Å². The van der Waals surface area contributed by atoms with E-state index in [-0.39, 0.29) is 17.7 Å². The lowest BCUT2D eigenvalue weighted by Gasteiger charge is -2.31. The zero-order chi connectivity index (χ0) is 24.8. The third-order valence-electron chi connectivity index (χ3n) is 6.39. The van der Waals surface area contributed by atoms with Crippen molar-refractivity contribution in [2.75, 3.05) is 18.4 Å². The van der Waals surface area contributed by atoms with E-state index in [1.54, 1.807) is 33.0 Å². The van der Waals surface area contributed by atoms with Crippen LogP contribution in [0.2, 0.25) is 0 Å². The highest BCUT2D eigenvalue weighted by Gasteiger charge is 2.29. The summed E-state index contributed by atoms with van der Waals surface area (Å²) in [6.45, 7) is 4.88. The van der Waals surface area contributed by atoms with E-state index in [0.717, 1.165) is 29.1 Å². The molecular weight excluding hydrogens is 480 g/mol. The van der Waals surface area contributed by atoms with Crippen LogP contribution < -0.4 is 5.32 Å². The number of aromatic amines is 1. The monoisotopic (exact) mass is 502 g/mol. The van der Waals surface area contributed by atoms with E-state index < -0.39 is 0 Å². The summed E-state index contributed by atoms with van der Waals surface area (Å²) in [5.74, 6) is -0.224. The number of hydrogen-bond donors (Lipinski definition) is 2. The summed E-state index contributed by atoms with van der Waals surface area (Å²) in [6, 6.07) is 7.16. The molecule has 0 radical (unpaired) electrons. The molecule has 1 aromatic carbocycles. The van der Waals surface area contributed by atoms with Gasteiger partial charge in [0.15, 0.2) is 11.3 Å². The van der Waals surface area contributed by atoms with Gasteiger partial charge < -0.3 is 10.2 Å². The first-order chi connectivity index (χ1) is 17.5. The van der Waals surface area contributed by atoms with Crippen LogP contribution in [0.25, 0.3) is 16.7 Å². The molecule has 36 heavy (non-hydrogen) atoms.